The highest BCUT2D eigenvalue weighted by Gasteiger charge is 2.20. The summed E-state index contributed by atoms with van der Waals surface area (Å²) in [6.45, 7) is 10.9. The Hall–Kier alpha value is -1.02. The Bertz CT molecular complexity index is 475. The van der Waals surface area contributed by atoms with Crippen molar-refractivity contribution < 1.29 is 4.74 Å². The summed E-state index contributed by atoms with van der Waals surface area (Å²) in [7, 11) is 0. The normalized spacial score (nSPS) is 16.5. The van der Waals surface area contributed by atoms with Crippen LogP contribution in [-0.2, 0) is 0 Å². The van der Waals surface area contributed by atoms with Crippen molar-refractivity contribution in [3.63, 3.8) is 0 Å². The third-order valence-electron chi connectivity index (χ3n) is 5.07. The van der Waals surface area contributed by atoms with Gasteiger partial charge in [-0.2, -0.15) is 0 Å². The monoisotopic (exact) mass is 317 g/mol. The molecule has 0 spiro atoms. The van der Waals surface area contributed by atoms with Gasteiger partial charge in [0.15, 0.2) is 0 Å². The van der Waals surface area contributed by atoms with Gasteiger partial charge in [0.25, 0.3) is 0 Å². The van der Waals surface area contributed by atoms with E-state index in [9.17, 15) is 0 Å². The number of nitrogens with one attached hydrogen (secondary N) is 1. The van der Waals surface area contributed by atoms with E-state index in [2.05, 4.69) is 51.2 Å². The lowest BCUT2D eigenvalue weighted by atomic mass is 9.86. The van der Waals surface area contributed by atoms with Crippen LogP contribution >= 0.6 is 0 Å². The zero-order valence-electron chi connectivity index (χ0n) is 15.6. The number of ether oxygens (including phenoxy) is 1. The second-order valence-corrected chi connectivity index (χ2v) is 8.10. The van der Waals surface area contributed by atoms with Gasteiger partial charge in [0.1, 0.15) is 5.75 Å². The zero-order chi connectivity index (χ0) is 16.7. The Morgan fingerprint density at radius 1 is 1.13 bits per heavy atom. The molecule has 1 aromatic carbocycles. The molecule has 0 heterocycles. The van der Waals surface area contributed by atoms with Crippen LogP contribution in [-0.4, -0.2) is 19.2 Å². The summed E-state index contributed by atoms with van der Waals surface area (Å²) in [6.07, 6.45) is 9.29. The van der Waals surface area contributed by atoms with Crippen molar-refractivity contribution in [3.05, 3.63) is 29.3 Å². The van der Waals surface area contributed by atoms with Crippen LogP contribution in [0.25, 0.3) is 0 Å². The Balaban J connectivity index is 1.66. The lowest BCUT2D eigenvalue weighted by Crippen LogP contribution is -2.38. The van der Waals surface area contributed by atoms with Gasteiger partial charge in [-0.05, 0) is 62.1 Å². The van der Waals surface area contributed by atoms with Gasteiger partial charge >= 0.3 is 0 Å². The number of rotatable bonds is 8. The number of benzene rings is 1. The third-order valence-corrected chi connectivity index (χ3v) is 5.07. The number of hydrogen-bond donors (Lipinski definition) is 1. The van der Waals surface area contributed by atoms with E-state index in [4.69, 9.17) is 4.74 Å². The molecular weight excluding hydrogens is 282 g/mol. The Morgan fingerprint density at radius 3 is 2.61 bits per heavy atom. The molecule has 0 unspecified atom stereocenters. The molecule has 1 aliphatic carbocycles. The molecule has 2 nitrogen and oxygen atoms in total. The molecule has 1 N–H and O–H groups in total. The van der Waals surface area contributed by atoms with Gasteiger partial charge in [-0.25, -0.2) is 0 Å². The van der Waals surface area contributed by atoms with Crippen LogP contribution in [0.5, 0.6) is 5.75 Å². The van der Waals surface area contributed by atoms with Gasteiger partial charge in [0, 0.05) is 12.6 Å². The van der Waals surface area contributed by atoms with Gasteiger partial charge < -0.3 is 10.1 Å². The second-order valence-electron chi connectivity index (χ2n) is 8.10. The predicted molar refractivity (Wildman–Crippen MR) is 99.3 cm³/mol. The molecule has 0 saturated heterocycles. The molecule has 0 radical (unpaired) electrons. The van der Waals surface area contributed by atoms with Crippen LogP contribution in [0.2, 0.25) is 0 Å². The van der Waals surface area contributed by atoms with Crippen molar-refractivity contribution in [2.45, 2.75) is 78.7 Å². The van der Waals surface area contributed by atoms with E-state index in [1.165, 1.54) is 49.7 Å². The second kappa shape index (κ2) is 8.73. The zero-order valence-corrected chi connectivity index (χ0v) is 15.6. The summed E-state index contributed by atoms with van der Waals surface area (Å²) in [4.78, 5) is 0. The number of hydrogen-bond acceptors (Lipinski definition) is 2. The van der Waals surface area contributed by atoms with Crippen LogP contribution in [0.1, 0.15) is 69.9 Å². The van der Waals surface area contributed by atoms with Crippen LogP contribution in [0.4, 0.5) is 0 Å². The van der Waals surface area contributed by atoms with Gasteiger partial charge in [-0.1, -0.05) is 45.2 Å². The maximum Gasteiger partial charge on any atom is 0.122 e. The fourth-order valence-corrected chi connectivity index (χ4v) is 3.41. The molecule has 130 valence electrons. The maximum absolute atomic E-state index is 5.99. The van der Waals surface area contributed by atoms with Crippen molar-refractivity contribution in [2.24, 2.45) is 5.41 Å². The van der Waals surface area contributed by atoms with E-state index in [0.29, 0.717) is 5.41 Å². The Morgan fingerprint density at radius 2 is 1.87 bits per heavy atom. The van der Waals surface area contributed by atoms with Crippen molar-refractivity contribution in [3.8, 4) is 5.75 Å². The molecule has 1 aliphatic rings. The van der Waals surface area contributed by atoms with Crippen LogP contribution < -0.4 is 10.1 Å². The molecular formula is C21H35NO. The fraction of sp³-hybridized carbons (Fsp3) is 0.714. The largest absolute Gasteiger partial charge is 0.493 e. The molecule has 2 heteroatoms. The average molecular weight is 318 g/mol. The van der Waals surface area contributed by atoms with Crippen molar-refractivity contribution >= 4 is 0 Å². The third kappa shape index (κ3) is 6.55. The molecule has 0 amide bonds. The van der Waals surface area contributed by atoms with E-state index in [1.54, 1.807) is 0 Å². The minimum Gasteiger partial charge on any atom is -0.493 e. The first-order valence-electron chi connectivity index (χ1n) is 9.40. The predicted octanol–water partition coefficient (Wildman–Crippen LogP) is 5.41. The molecule has 1 aromatic rings. The summed E-state index contributed by atoms with van der Waals surface area (Å²) >= 11 is 0. The Kier molecular flexibility index (Phi) is 6.95. The van der Waals surface area contributed by atoms with Gasteiger partial charge in [-0.15, -0.1) is 0 Å². The standard InChI is InChI=1S/C21H35NO/c1-17-11-12-18(2)20(15-17)23-14-8-13-21(3,4)16-22-19-9-6-5-7-10-19/h11-12,15,19,22H,5-10,13-14,16H2,1-4H3. The average Bonchev–Trinajstić information content (AvgIpc) is 2.54. The van der Waals surface area contributed by atoms with E-state index in [-0.39, 0.29) is 0 Å². The smallest absolute Gasteiger partial charge is 0.122 e. The molecule has 0 aromatic heterocycles. The van der Waals surface area contributed by atoms with Gasteiger partial charge in [-0.3, -0.25) is 0 Å². The summed E-state index contributed by atoms with van der Waals surface area (Å²) in [5.41, 5.74) is 2.85. The molecule has 1 saturated carbocycles. The molecule has 0 bridgehead atoms. The van der Waals surface area contributed by atoms with Crippen LogP contribution in [0.15, 0.2) is 18.2 Å². The van der Waals surface area contributed by atoms with Crippen molar-refractivity contribution in [2.75, 3.05) is 13.2 Å². The quantitative estimate of drug-likeness (QED) is 0.647. The SMILES string of the molecule is Cc1ccc(C)c(OCCCC(C)(C)CNC2CCCCC2)c1. The minimum atomic E-state index is 0.350. The lowest BCUT2D eigenvalue weighted by Gasteiger charge is -2.30. The van der Waals surface area contributed by atoms with E-state index < -0.39 is 0 Å². The fourth-order valence-electron chi connectivity index (χ4n) is 3.41. The topological polar surface area (TPSA) is 21.3 Å². The van der Waals surface area contributed by atoms with Gasteiger partial charge in [0.05, 0.1) is 6.61 Å². The highest BCUT2D eigenvalue weighted by molar-refractivity contribution is 5.35. The number of aryl methyl sites for hydroxylation is 2. The highest BCUT2D eigenvalue weighted by atomic mass is 16.5. The first-order chi connectivity index (χ1) is 11.0. The first-order valence-corrected chi connectivity index (χ1v) is 9.40. The van der Waals surface area contributed by atoms with E-state index in [0.717, 1.165) is 31.4 Å². The first kappa shape index (κ1) is 18.3. The molecule has 0 atom stereocenters. The molecule has 23 heavy (non-hydrogen) atoms. The summed E-state index contributed by atoms with van der Waals surface area (Å²) in [6, 6.07) is 7.19. The van der Waals surface area contributed by atoms with Crippen LogP contribution in [0.3, 0.4) is 0 Å². The summed E-state index contributed by atoms with van der Waals surface area (Å²) < 4.78 is 5.99. The summed E-state index contributed by atoms with van der Waals surface area (Å²) in [5, 5.41) is 3.80. The van der Waals surface area contributed by atoms with Crippen LogP contribution in [0, 0.1) is 19.3 Å². The summed E-state index contributed by atoms with van der Waals surface area (Å²) in [5.74, 6) is 1.04. The van der Waals surface area contributed by atoms with E-state index in [1.807, 2.05) is 0 Å². The van der Waals surface area contributed by atoms with Crippen molar-refractivity contribution in [1.29, 1.82) is 0 Å². The highest BCUT2D eigenvalue weighted by Crippen LogP contribution is 2.25. The molecule has 2 rings (SSSR count). The molecule has 1 fully saturated rings. The van der Waals surface area contributed by atoms with Gasteiger partial charge in [0.2, 0.25) is 0 Å². The van der Waals surface area contributed by atoms with Crippen molar-refractivity contribution in [1.82, 2.24) is 5.32 Å². The molecule has 0 aliphatic heterocycles. The minimum absolute atomic E-state index is 0.350. The lowest BCUT2D eigenvalue weighted by molar-refractivity contribution is 0.235. The Labute approximate surface area is 143 Å². The maximum atomic E-state index is 5.99. The van der Waals surface area contributed by atoms with E-state index >= 15 is 0 Å².